The Morgan fingerprint density at radius 1 is 0.929 bits per heavy atom. The van der Waals surface area contributed by atoms with Gasteiger partial charge in [0.2, 0.25) is 7.01 Å². The van der Waals surface area contributed by atoms with Gasteiger partial charge in [-0.2, -0.15) is 0 Å². The Morgan fingerprint density at radius 2 is 1.29 bits per heavy atom. The normalized spacial score (nSPS) is 12.7. The van der Waals surface area contributed by atoms with E-state index in [2.05, 4.69) is 0 Å². The molecule has 0 radical (unpaired) electrons. The van der Waals surface area contributed by atoms with Gasteiger partial charge in [-0.25, -0.2) is 16.8 Å². The van der Waals surface area contributed by atoms with Gasteiger partial charge in [0.15, 0.2) is 9.84 Å². The van der Waals surface area contributed by atoms with E-state index in [4.69, 9.17) is 0 Å². The first kappa shape index (κ1) is 11.9. The molecule has 0 amide bonds. The summed E-state index contributed by atoms with van der Waals surface area (Å²) in [5, 5.41) is 0. The lowest BCUT2D eigenvalue weighted by Gasteiger charge is -1.99. The Bertz CT molecular complexity index is 477. The maximum Gasteiger partial charge on any atom is 0.231 e. The third-order valence-electron chi connectivity index (χ3n) is 1.53. The van der Waals surface area contributed by atoms with E-state index in [1.807, 2.05) is 0 Å². The van der Waals surface area contributed by atoms with Gasteiger partial charge < -0.3 is 0 Å². The molecule has 0 aliphatic rings. The van der Waals surface area contributed by atoms with Gasteiger partial charge in [0, 0.05) is 6.26 Å². The lowest BCUT2D eigenvalue weighted by atomic mass is 10.4. The molecular weight excluding hydrogens is 339 g/mol. The van der Waals surface area contributed by atoms with Crippen LogP contribution in [0.1, 0.15) is 0 Å². The topological polar surface area (TPSA) is 68.3 Å². The fourth-order valence-electron chi connectivity index (χ4n) is 0.849. The summed E-state index contributed by atoms with van der Waals surface area (Å²) >= 11 is 1.30. The van der Waals surface area contributed by atoms with Crippen LogP contribution in [0.25, 0.3) is 0 Å². The highest BCUT2D eigenvalue weighted by Gasteiger charge is 2.11. The molecule has 1 aromatic rings. The van der Waals surface area contributed by atoms with Crippen LogP contribution in [0.2, 0.25) is 0 Å². The van der Waals surface area contributed by atoms with Gasteiger partial charge in [0.05, 0.1) is 31.0 Å². The van der Waals surface area contributed by atoms with E-state index in [1.54, 1.807) is 0 Å². The lowest BCUT2D eigenvalue weighted by molar-refractivity contribution is 0.600. The zero-order chi connectivity index (χ0) is 11.0. The van der Waals surface area contributed by atoms with Gasteiger partial charge in [-0.15, -0.1) is 0 Å². The number of hydrogen-bond donors (Lipinski definition) is 0. The first-order chi connectivity index (χ1) is 6.21. The van der Waals surface area contributed by atoms with Gasteiger partial charge in [-0.1, -0.05) is 0 Å². The van der Waals surface area contributed by atoms with Crippen LogP contribution in [0.15, 0.2) is 34.1 Å². The van der Waals surface area contributed by atoms with Crippen molar-refractivity contribution >= 4 is 38.1 Å². The maximum atomic E-state index is 11.0. The highest BCUT2D eigenvalue weighted by molar-refractivity contribution is 14.2. The molecule has 1 rings (SSSR count). The second kappa shape index (κ2) is 3.78. The summed E-state index contributed by atoms with van der Waals surface area (Å²) in [4.78, 5) is 0.215. The van der Waals surface area contributed by atoms with Gasteiger partial charge in [-0.3, -0.25) is 0 Å². The van der Waals surface area contributed by atoms with Crippen molar-refractivity contribution in [3.63, 3.8) is 0 Å². The van der Waals surface area contributed by atoms with E-state index in [9.17, 15) is 16.8 Å². The third kappa shape index (κ3) is 2.92. The molecule has 0 aliphatic carbocycles. The van der Waals surface area contributed by atoms with Crippen LogP contribution in [0.3, 0.4) is 0 Å². The molecule has 0 N–H and O–H groups in total. The predicted octanol–water partition coefficient (Wildman–Crippen LogP) is 1.21. The Hall–Kier alpha value is -0.150. The van der Waals surface area contributed by atoms with Crippen molar-refractivity contribution in [2.45, 2.75) is 9.79 Å². The van der Waals surface area contributed by atoms with Crippen molar-refractivity contribution in [3.8, 4) is 0 Å². The van der Waals surface area contributed by atoms with Gasteiger partial charge >= 0.3 is 0 Å². The fourth-order valence-corrected chi connectivity index (χ4v) is 2.82. The minimum Gasteiger partial charge on any atom is -0.224 e. The molecule has 1 aromatic carbocycles. The SMILES string of the molecule is CS(=O)(=O)c1ccc(S(=O)(=O)I)cc1. The monoisotopic (exact) mass is 346 g/mol. The molecule has 0 aliphatic heterocycles. The molecule has 0 unspecified atom stereocenters. The summed E-state index contributed by atoms with van der Waals surface area (Å²) in [7, 11) is -6.55. The smallest absolute Gasteiger partial charge is 0.224 e. The molecule has 78 valence electrons. The van der Waals surface area contributed by atoms with Crippen LogP contribution in [0.4, 0.5) is 0 Å². The Labute approximate surface area is 94.8 Å². The van der Waals surface area contributed by atoms with Crippen LogP contribution in [-0.4, -0.2) is 23.1 Å². The maximum absolute atomic E-state index is 11.0. The first-order valence-electron chi connectivity index (χ1n) is 3.46. The largest absolute Gasteiger partial charge is 0.231 e. The molecule has 0 saturated heterocycles. The van der Waals surface area contributed by atoms with Crippen LogP contribution >= 0.6 is 21.2 Å². The molecule has 0 spiro atoms. The van der Waals surface area contributed by atoms with Crippen molar-refractivity contribution < 1.29 is 16.8 Å². The van der Waals surface area contributed by atoms with Crippen molar-refractivity contribution in [2.75, 3.05) is 6.26 Å². The zero-order valence-corrected chi connectivity index (χ0v) is 10.9. The Balaban J connectivity index is 3.28. The average molecular weight is 346 g/mol. The molecule has 0 saturated carbocycles. The minimum absolute atomic E-state index is 0.102. The number of benzene rings is 1. The van der Waals surface area contributed by atoms with Crippen LogP contribution in [-0.2, 0) is 16.8 Å². The quantitative estimate of drug-likeness (QED) is 0.596. The second-order valence-electron chi connectivity index (χ2n) is 2.68. The predicted molar refractivity (Wildman–Crippen MR) is 60.8 cm³/mol. The zero-order valence-electron chi connectivity index (χ0n) is 7.14. The standard InChI is InChI=1S/C7H7IO4S2/c1-13(9,10)6-2-4-7(5-3-6)14(8,11)12/h2-5H,1H3. The van der Waals surface area contributed by atoms with E-state index in [0.29, 0.717) is 0 Å². The van der Waals surface area contributed by atoms with Crippen molar-refractivity contribution in [3.05, 3.63) is 24.3 Å². The Morgan fingerprint density at radius 3 is 1.57 bits per heavy atom. The number of halogens is 1. The second-order valence-corrected chi connectivity index (χ2v) is 9.52. The summed E-state index contributed by atoms with van der Waals surface area (Å²) in [6, 6.07) is 5.11. The van der Waals surface area contributed by atoms with Gasteiger partial charge in [0.1, 0.15) is 0 Å². The van der Waals surface area contributed by atoms with Crippen molar-refractivity contribution in [1.82, 2.24) is 0 Å². The van der Waals surface area contributed by atoms with E-state index >= 15 is 0 Å². The molecular formula is C7H7IO4S2. The number of rotatable bonds is 2. The Kier molecular flexibility index (Phi) is 3.22. The first-order valence-corrected chi connectivity index (χ1v) is 9.38. The fraction of sp³-hybridized carbons (Fsp3) is 0.143. The third-order valence-corrected chi connectivity index (χ3v) is 5.02. The highest BCUT2D eigenvalue weighted by Crippen LogP contribution is 2.19. The molecule has 0 fully saturated rings. The summed E-state index contributed by atoms with van der Waals surface area (Å²) in [6.07, 6.45) is 1.07. The lowest BCUT2D eigenvalue weighted by Crippen LogP contribution is -1.97. The van der Waals surface area contributed by atoms with E-state index in [-0.39, 0.29) is 9.79 Å². The average Bonchev–Trinajstić information content (AvgIpc) is 2.01. The van der Waals surface area contributed by atoms with Crippen LogP contribution in [0, 0.1) is 0 Å². The number of hydrogen-bond acceptors (Lipinski definition) is 4. The van der Waals surface area contributed by atoms with Gasteiger partial charge in [-0.05, 0) is 24.3 Å². The molecule has 7 heteroatoms. The van der Waals surface area contributed by atoms with E-state index < -0.39 is 16.8 Å². The van der Waals surface area contributed by atoms with Crippen LogP contribution < -0.4 is 0 Å². The molecule has 0 bridgehead atoms. The summed E-state index contributed by atoms with van der Waals surface area (Å²) in [5.74, 6) is 0. The summed E-state index contributed by atoms with van der Waals surface area (Å²) in [6.45, 7) is 0. The van der Waals surface area contributed by atoms with Gasteiger partial charge in [0.25, 0.3) is 0 Å². The van der Waals surface area contributed by atoms with Crippen molar-refractivity contribution in [1.29, 1.82) is 0 Å². The minimum atomic E-state index is -3.29. The van der Waals surface area contributed by atoms with Crippen LogP contribution in [0.5, 0.6) is 0 Å². The molecule has 14 heavy (non-hydrogen) atoms. The van der Waals surface area contributed by atoms with Crippen molar-refractivity contribution in [2.24, 2.45) is 0 Å². The summed E-state index contributed by atoms with van der Waals surface area (Å²) < 4.78 is 44.1. The van der Waals surface area contributed by atoms with E-state index in [1.165, 1.54) is 45.5 Å². The summed E-state index contributed by atoms with van der Waals surface area (Å²) in [5.41, 5.74) is 0. The molecule has 0 atom stereocenters. The number of sulfone groups is 1. The molecule has 0 heterocycles. The molecule has 0 aromatic heterocycles. The van der Waals surface area contributed by atoms with E-state index in [0.717, 1.165) is 6.26 Å². The highest BCUT2D eigenvalue weighted by atomic mass is 127. The molecule has 4 nitrogen and oxygen atoms in total.